The Morgan fingerprint density at radius 3 is 2.40 bits per heavy atom. The summed E-state index contributed by atoms with van der Waals surface area (Å²) in [5, 5.41) is 11.2. The van der Waals surface area contributed by atoms with Crippen molar-refractivity contribution in [2.75, 3.05) is 11.1 Å². The predicted octanol–water partition coefficient (Wildman–Crippen LogP) is 2.84. The Balaban J connectivity index is 2.35. The molecule has 4 N–H and O–H groups in total. The van der Waals surface area contributed by atoms with Gasteiger partial charge in [0.2, 0.25) is 5.91 Å². The molecule has 0 saturated heterocycles. The molecule has 160 valence electrons. The molecule has 0 aromatic heterocycles. The third-order valence-electron chi connectivity index (χ3n) is 3.50. The van der Waals surface area contributed by atoms with E-state index < -0.39 is 35.8 Å². The molecule has 0 aliphatic rings. The topological polar surface area (TPSA) is 128 Å². The van der Waals surface area contributed by atoms with E-state index in [4.69, 9.17) is 15.6 Å². The van der Waals surface area contributed by atoms with Crippen LogP contribution in [0.4, 0.5) is 18.9 Å². The molecule has 0 unspecified atom stereocenters. The fourth-order valence-electron chi connectivity index (χ4n) is 2.05. The summed E-state index contributed by atoms with van der Waals surface area (Å²) in [4.78, 5) is 34.2. The Morgan fingerprint density at radius 2 is 1.80 bits per heavy atom. The number of nitrogens with two attached hydrogens (primary N) is 1. The molecular formula is C18H15F3N2O6S. The first-order chi connectivity index (χ1) is 14.0. The molecule has 1 atom stereocenters. The monoisotopic (exact) mass is 444 g/mol. The Bertz CT molecular complexity index is 967. The van der Waals surface area contributed by atoms with E-state index in [1.165, 1.54) is 30.3 Å². The van der Waals surface area contributed by atoms with Gasteiger partial charge in [0.05, 0.1) is 17.3 Å². The van der Waals surface area contributed by atoms with E-state index in [1.54, 1.807) is 0 Å². The van der Waals surface area contributed by atoms with Gasteiger partial charge in [-0.25, -0.2) is 9.59 Å². The van der Waals surface area contributed by atoms with Crippen LogP contribution in [0.2, 0.25) is 0 Å². The van der Waals surface area contributed by atoms with Gasteiger partial charge in [-0.2, -0.15) is 25.8 Å². The molecule has 1 amide bonds. The number of ether oxygens (including phenoxy) is 2. The van der Waals surface area contributed by atoms with Crippen LogP contribution in [0.25, 0.3) is 0 Å². The number of aromatic carboxylic acids is 1. The van der Waals surface area contributed by atoms with E-state index in [9.17, 15) is 27.6 Å². The van der Waals surface area contributed by atoms with E-state index in [0.29, 0.717) is 0 Å². The molecule has 0 bridgehead atoms. The first-order valence-electron chi connectivity index (χ1n) is 8.13. The second-order valence-corrected chi connectivity index (χ2v) is 6.12. The van der Waals surface area contributed by atoms with Gasteiger partial charge in [0.1, 0.15) is 11.5 Å². The molecule has 8 nitrogen and oxygen atoms in total. The maximum absolute atomic E-state index is 12.6. The van der Waals surface area contributed by atoms with E-state index in [-0.39, 0.29) is 28.5 Å². The molecule has 2 aromatic carbocycles. The number of benzene rings is 2. The Morgan fingerprint density at radius 1 is 1.13 bits per heavy atom. The summed E-state index contributed by atoms with van der Waals surface area (Å²) in [6.45, 7) is 0. The van der Waals surface area contributed by atoms with Crippen LogP contribution in [0.1, 0.15) is 10.4 Å². The fraction of sp³-hybridized carbons (Fsp3) is 0.167. The summed E-state index contributed by atoms with van der Waals surface area (Å²) >= 11 is 3.85. The predicted molar refractivity (Wildman–Crippen MR) is 102 cm³/mol. The molecule has 0 heterocycles. The summed E-state index contributed by atoms with van der Waals surface area (Å²) in [6.07, 6.45) is -5.28. The molecule has 0 radical (unpaired) electrons. The highest BCUT2D eigenvalue weighted by molar-refractivity contribution is 7.80. The lowest BCUT2D eigenvalue weighted by atomic mass is 10.2. The number of amides is 1. The number of nitrogens with one attached hydrogen (secondary N) is 1. The highest BCUT2D eigenvalue weighted by Gasteiger charge is 2.41. The van der Waals surface area contributed by atoms with Gasteiger partial charge in [-0.05, 0) is 30.3 Å². The lowest BCUT2D eigenvalue weighted by Crippen LogP contribution is -2.37. The molecule has 12 heteroatoms. The SMILES string of the molecule is N[C@@H](CS)C(=O)Nc1ccc(Oc2cccc(C(=O)O)c2)cc1OC(=O)C(F)(F)F. The molecule has 0 spiro atoms. The minimum atomic E-state index is -5.28. The zero-order chi connectivity index (χ0) is 22.5. The number of thiol groups is 1. The number of halogens is 3. The maximum atomic E-state index is 12.6. The summed E-state index contributed by atoms with van der Waals surface area (Å²) in [7, 11) is 0. The molecule has 0 aliphatic heterocycles. The van der Waals surface area contributed by atoms with Gasteiger partial charge >= 0.3 is 18.1 Å². The molecule has 0 aliphatic carbocycles. The highest BCUT2D eigenvalue weighted by Crippen LogP contribution is 2.34. The number of carboxylic acid groups (broad SMARTS) is 1. The number of alkyl halides is 3. The van der Waals surface area contributed by atoms with Crippen LogP contribution in [-0.2, 0) is 9.59 Å². The third kappa shape index (κ3) is 6.12. The van der Waals surface area contributed by atoms with Gasteiger partial charge < -0.3 is 25.6 Å². The van der Waals surface area contributed by atoms with Crippen LogP contribution >= 0.6 is 12.6 Å². The van der Waals surface area contributed by atoms with Gasteiger partial charge in [-0.15, -0.1) is 0 Å². The second kappa shape index (κ2) is 9.50. The van der Waals surface area contributed by atoms with E-state index in [2.05, 4.69) is 22.7 Å². The molecule has 2 aromatic rings. The Hall–Kier alpha value is -3.25. The number of carbonyl (C=O) groups is 3. The van der Waals surface area contributed by atoms with Gasteiger partial charge in [-0.1, -0.05) is 6.07 Å². The summed E-state index contributed by atoms with van der Waals surface area (Å²) in [6, 6.07) is 7.58. The first-order valence-corrected chi connectivity index (χ1v) is 8.76. The molecule has 2 rings (SSSR count). The van der Waals surface area contributed by atoms with Gasteiger partial charge in [0, 0.05) is 11.8 Å². The van der Waals surface area contributed by atoms with Crippen molar-refractivity contribution in [1.29, 1.82) is 0 Å². The number of hydrogen-bond acceptors (Lipinski definition) is 7. The summed E-state index contributed by atoms with van der Waals surface area (Å²) < 4.78 is 47.6. The van der Waals surface area contributed by atoms with Crippen LogP contribution in [0.5, 0.6) is 17.2 Å². The zero-order valence-corrected chi connectivity index (χ0v) is 15.9. The minimum Gasteiger partial charge on any atom is -0.478 e. The Labute approximate surface area is 173 Å². The van der Waals surface area contributed by atoms with E-state index in [1.807, 2.05) is 0 Å². The van der Waals surface area contributed by atoms with E-state index >= 15 is 0 Å². The van der Waals surface area contributed by atoms with Crippen LogP contribution in [0.15, 0.2) is 42.5 Å². The number of esters is 1. The molecule has 0 fully saturated rings. The lowest BCUT2D eigenvalue weighted by molar-refractivity contribution is -0.189. The van der Waals surface area contributed by atoms with Crippen LogP contribution in [0, 0.1) is 0 Å². The van der Waals surface area contributed by atoms with Gasteiger partial charge in [0.25, 0.3) is 0 Å². The standard InChI is InChI=1S/C18H15F3N2O6S/c19-18(20,21)17(27)29-14-7-11(4-5-13(14)23-15(24)12(22)8-30)28-10-3-1-2-9(6-10)16(25)26/h1-7,12,30H,8,22H2,(H,23,24)(H,25,26)/t12-/m0/s1. The number of carbonyl (C=O) groups excluding carboxylic acids is 2. The van der Waals surface area contributed by atoms with Crippen molar-refractivity contribution in [3.63, 3.8) is 0 Å². The van der Waals surface area contributed by atoms with Crippen molar-refractivity contribution in [2.24, 2.45) is 5.73 Å². The number of carboxylic acids is 1. The summed E-state index contributed by atoms with van der Waals surface area (Å²) in [5.74, 6) is -5.19. The van der Waals surface area contributed by atoms with Crippen LogP contribution < -0.4 is 20.5 Å². The smallest absolute Gasteiger partial charge is 0.478 e. The van der Waals surface area contributed by atoms with Crippen molar-refractivity contribution in [1.82, 2.24) is 0 Å². The van der Waals surface area contributed by atoms with Crippen molar-refractivity contribution in [3.05, 3.63) is 48.0 Å². The van der Waals surface area contributed by atoms with Crippen LogP contribution in [-0.4, -0.2) is 40.9 Å². The van der Waals surface area contributed by atoms with Crippen molar-refractivity contribution in [2.45, 2.75) is 12.2 Å². The van der Waals surface area contributed by atoms with E-state index in [0.717, 1.165) is 12.1 Å². The van der Waals surface area contributed by atoms with Gasteiger partial charge in [-0.3, -0.25) is 4.79 Å². The molecular weight excluding hydrogens is 429 g/mol. The largest absolute Gasteiger partial charge is 0.491 e. The number of hydrogen-bond donors (Lipinski definition) is 4. The van der Waals surface area contributed by atoms with Crippen LogP contribution in [0.3, 0.4) is 0 Å². The first kappa shape index (κ1) is 23.0. The quantitative estimate of drug-likeness (QED) is 0.294. The molecule has 30 heavy (non-hydrogen) atoms. The van der Waals surface area contributed by atoms with Crippen molar-refractivity contribution >= 4 is 36.2 Å². The number of rotatable bonds is 7. The van der Waals surface area contributed by atoms with Gasteiger partial charge in [0.15, 0.2) is 5.75 Å². The maximum Gasteiger partial charge on any atom is 0.491 e. The Kier molecular flexibility index (Phi) is 7.29. The average Bonchev–Trinajstić information content (AvgIpc) is 2.68. The lowest BCUT2D eigenvalue weighted by Gasteiger charge is -2.16. The van der Waals surface area contributed by atoms with Crippen molar-refractivity contribution < 1.29 is 42.1 Å². The summed E-state index contributed by atoms with van der Waals surface area (Å²) in [5.41, 5.74) is 5.16. The average molecular weight is 444 g/mol. The fourth-order valence-corrected chi connectivity index (χ4v) is 2.21. The highest BCUT2D eigenvalue weighted by atomic mass is 32.1. The normalized spacial score (nSPS) is 12.0. The minimum absolute atomic E-state index is 0.0371. The molecule has 0 saturated carbocycles. The second-order valence-electron chi connectivity index (χ2n) is 5.76. The number of anilines is 1. The van der Waals surface area contributed by atoms with Crippen molar-refractivity contribution in [3.8, 4) is 17.2 Å². The zero-order valence-electron chi connectivity index (χ0n) is 15.0. The third-order valence-corrected chi connectivity index (χ3v) is 3.89.